The SMILES string of the molecule is Cc1cc2c3c(c1)N(c1ccc(-c4ccc5c(c4)C(C)/C=C\C=C/CO5)cc1)c1cc4c(cc1B3c1cc(C(C)(C)C)ccc1N2c1ccc(C(C)(C)C)cc1)c1c(n4-c2ccc(C(C)(C)C)cc2)CC=CC(C(C)(C)C)=C1. The van der Waals surface area contributed by atoms with Crippen LogP contribution in [0.15, 0.2) is 175 Å². The summed E-state index contributed by atoms with van der Waals surface area (Å²) in [6.45, 7) is 32.9. The van der Waals surface area contributed by atoms with Gasteiger partial charge in [0.2, 0.25) is 0 Å². The predicted octanol–water partition coefficient (Wildman–Crippen LogP) is 17.7. The highest BCUT2D eigenvalue weighted by Crippen LogP contribution is 2.48. The van der Waals surface area contributed by atoms with Crippen LogP contribution in [-0.2, 0) is 22.7 Å². The lowest BCUT2D eigenvalue weighted by Crippen LogP contribution is -2.61. The second-order valence-corrected chi connectivity index (χ2v) is 26.7. The van der Waals surface area contributed by atoms with E-state index in [2.05, 4.69) is 287 Å². The number of benzene rings is 7. The molecule has 1 unspecified atom stereocenters. The molecule has 0 spiro atoms. The van der Waals surface area contributed by atoms with Crippen molar-refractivity contribution >= 4 is 74.2 Å². The number of ether oxygens (including phenoxy) is 1. The van der Waals surface area contributed by atoms with Gasteiger partial charge in [-0.25, -0.2) is 0 Å². The minimum absolute atomic E-state index is 0.0323. The van der Waals surface area contributed by atoms with Gasteiger partial charge in [0.25, 0.3) is 6.71 Å². The average Bonchev–Trinajstić information content (AvgIpc) is 3.16. The molecule has 0 fully saturated rings. The lowest BCUT2D eigenvalue weighted by atomic mass is 9.33. The molecule has 0 saturated heterocycles. The maximum absolute atomic E-state index is 6.27. The molecule has 392 valence electrons. The van der Waals surface area contributed by atoms with Crippen LogP contribution in [0.1, 0.15) is 135 Å². The molecule has 4 heterocycles. The maximum atomic E-state index is 6.27. The zero-order valence-electron chi connectivity index (χ0n) is 48.6. The van der Waals surface area contributed by atoms with Gasteiger partial charge >= 0.3 is 0 Å². The highest BCUT2D eigenvalue weighted by Gasteiger charge is 2.45. The molecule has 1 atom stereocenters. The molecule has 7 aromatic carbocycles. The number of aromatic nitrogens is 1. The quantitative estimate of drug-likeness (QED) is 0.164. The molecular formula is C73H76BN3O. The highest BCUT2D eigenvalue weighted by atomic mass is 16.5. The Kier molecular flexibility index (Phi) is 12.2. The van der Waals surface area contributed by atoms with Crippen LogP contribution in [0.2, 0.25) is 0 Å². The minimum Gasteiger partial charge on any atom is -0.489 e. The molecular weight excluding hydrogens is 946 g/mol. The van der Waals surface area contributed by atoms with Gasteiger partial charge in [-0.3, -0.25) is 0 Å². The first kappa shape index (κ1) is 51.3. The van der Waals surface area contributed by atoms with Gasteiger partial charge in [0, 0.05) is 74.4 Å². The van der Waals surface area contributed by atoms with Crippen LogP contribution in [0.4, 0.5) is 34.1 Å². The zero-order chi connectivity index (χ0) is 54.8. The fraction of sp³-hybridized carbons (Fsp3) is 0.288. The van der Waals surface area contributed by atoms with E-state index in [1.54, 1.807) is 0 Å². The average molecular weight is 1020 g/mol. The third kappa shape index (κ3) is 8.88. The van der Waals surface area contributed by atoms with Gasteiger partial charge in [-0.1, -0.05) is 181 Å². The van der Waals surface area contributed by atoms with Gasteiger partial charge in [0.05, 0.1) is 5.52 Å². The van der Waals surface area contributed by atoms with Gasteiger partial charge in [-0.05, 0) is 169 Å². The van der Waals surface area contributed by atoms with Crippen molar-refractivity contribution in [1.29, 1.82) is 0 Å². The van der Waals surface area contributed by atoms with Gasteiger partial charge < -0.3 is 19.1 Å². The van der Waals surface area contributed by atoms with Crippen LogP contribution in [0, 0.1) is 12.3 Å². The minimum atomic E-state index is -0.0626. The monoisotopic (exact) mass is 1020 g/mol. The fourth-order valence-corrected chi connectivity index (χ4v) is 12.5. The van der Waals surface area contributed by atoms with Crippen molar-refractivity contribution in [3.8, 4) is 22.6 Å². The summed E-state index contributed by atoms with van der Waals surface area (Å²) in [7, 11) is 0. The molecule has 5 heteroatoms. The summed E-state index contributed by atoms with van der Waals surface area (Å²) >= 11 is 0. The van der Waals surface area contributed by atoms with Crippen molar-refractivity contribution in [2.24, 2.45) is 5.41 Å². The maximum Gasteiger partial charge on any atom is 0.252 e. The standard InChI is InChI=1S/C73H76BN3O/c1-46-39-66-69-67(40-46)77(54-30-22-48(23-31-54)49-24-37-68-57(41-49)47(2)19-16-15-17-38-78-68)65-45-64-59(58-42-52(72(9,10)11)20-18-21-62(58)75(64)55-32-25-50(26-33-55)70(3,4)5)44-61(65)74(69)60-43-53(73(12,13)14)29-36-63(60)76(66)56-34-27-51(28-35-56)71(6,7)8/h15-20,22-37,39-45,47H,21,38H2,1-14H3/b17-15-,19-16-. The Hall–Kier alpha value is -7.50. The van der Waals surface area contributed by atoms with Gasteiger partial charge in [-0.2, -0.15) is 0 Å². The molecule has 4 aliphatic rings. The number of anilines is 6. The van der Waals surface area contributed by atoms with Gasteiger partial charge in [0.1, 0.15) is 12.4 Å². The zero-order valence-corrected chi connectivity index (χ0v) is 48.6. The fourth-order valence-electron chi connectivity index (χ4n) is 12.5. The molecule has 0 N–H and O–H groups in total. The van der Waals surface area contributed by atoms with Crippen LogP contribution in [0.5, 0.6) is 5.75 Å². The summed E-state index contributed by atoms with van der Waals surface area (Å²) in [6.07, 6.45) is 16.6. The molecule has 12 rings (SSSR count). The van der Waals surface area contributed by atoms with Crippen LogP contribution in [0.25, 0.3) is 33.8 Å². The largest absolute Gasteiger partial charge is 0.489 e. The Bertz CT molecular complexity index is 3810. The Morgan fingerprint density at radius 1 is 0.526 bits per heavy atom. The Morgan fingerprint density at radius 3 is 1.73 bits per heavy atom. The van der Waals surface area contributed by atoms with Crippen molar-refractivity contribution in [3.63, 3.8) is 0 Å². The first-order valence-corrected chi connectivity index (χ1v) is 28.4. The van der Waals surface area contributed by atoms with Crippen molar-refractivity contribution < 1.29 is 4.74 Å². The lowest BCUT2D eigenvalue weighted by molar-refractivity contribution is 0.358. The third-order valence-corrected chi connectivity index (χ3v) is 17.0. The molecule has 0 amide bonds. The topological polar surface area (TPSA) is 20.6 Å². The van der Waals surface area contributed by atoms with E-state index in [0.29, 0.717) is 6.61 Å². The summed E-state index contributed by atoms with van der Waals surface area (Å²) in [5, 5.41) is 1.29. The second-order valence-electron chi connectivity index (χ2n) is 26.7. The summed E-state index contributed by atoms with van der Waals surface area (Å²) in [5.41, 5.74) is 26.3. The van der Waals surface area contributed by atoms with E-state index < -0.39 is 0 Å². The van der Waals surface area contributed by atoms with E-state index in [4.69, 9.17) is 4.74 Å². The smallest absolute Gasteiger partial charge is 0.252 e. The van der Waals surface area contributed by atoms with E-state index in [0.717, 1.165) is 17.9 Å². The predicted molar refractivity (Wildman–Crippen MR) is 336 cm³/mol. The summed E-state index contributed by atoms with van der Waals surface area (Å²) in [5.74, 6) is 1.15. The molecule has 0 saturated carbocycles. The van der Waals surface area contributed by atoms with Crippen LogP contribution >= 0.6 is 0 Å². The number of hydrogen-bond donors (Lipinski definition) is 0. The highest BCUT2D eigenvalue weighted by molar-refractivity contribution is 7.00. The van der Waals surface area contributed by atoms with Crippen molar-refractivity contribution in [1.82, 2.24) is 4.57 Å². The molecule has 1 aliphatic carbocycles. The number of hydrogen-bond acceptors (Lipinski definition) is 3. The normalized spacial score (nSPS) is 16.9. The second kappa shape index (κ2) is 18.6. The number of fused-ring (bicyclic) bond motifs is 8. The van der Waals surface area contributed by atoms with E-state index >= 15 is 0 Å². The number of allylic oxidation sites excluding steroid dienone is 6. The Morgan fingerprint density at radius 2 is 1.10 bits per heavy atom. The lowest BCUT2D eigenvalue weighted by Gasteiger charge is -2.45. The van der Waals surface area contributed by atoms with Crippen molar-refractivity contribution in [2.45, 2.75) is 126 Å². The summed E-state index contributed by atoms with van der Waals surface area (Å²) < 4.78 is 8.85. The first-order chi connectivity index (χ1) is 37.0. The molecule has 8 aromatic rings. The van der Waals surface area contributed by atoms with Crippen LogP contribution < -0.4 is 30.9 Å². The molecule has 0 radical (unpaired) electrons. The van der Waals surface area contributed by atoms with Gasteiger partial charge in [-0.15, -0.1) is 0 Å². The van der Waals surface area contributed by atoms with E-state index in [-0.39, 0.29) is 34.3 Å². The molecule has 4 nitrogen and oxygen atoms in total. The summed E-state index contributed by atoms with van der Waals surface area (Å²) in [6, 6.07) is 52.2. The number of rotatable bonds is 4. The Labute approximate surface area is 465 Å². The first-order valence-electron chi connectivity index (χ1n) is 28.4. The molecule has 3 aliphatic heterocycles. The van der Waals surface area contributed by atoms with Crippen molar-refractivity contribution in [2.75, 3.05) is 16.4 Å². The van der Waals surface area contributed by atoms with E-state index in [1.807, 2.05) is 0 Å². The number of nitrogens with zero attached hydrogens (tertiary/aromatic N) is 3. The summed E-state index contributed by atoms with van der Waals surface area (Å²) in [4.78, 5) is 5.16. The van der Waals surface area contributed by atoms with Crippen LogP contribution in [0.3, 0.4) is 0 Å². The van der Waals surface area contributed by atoms with Gasteiger partial charge in [0.15, 0.2) is 0 Å². The molecule has 1 aromatic heterocycles. The van der Waals surface area contributed by atoms with E-state index in [1.165, 1.54) is 117 Å². The van der Waals surface area contributed by atoms with Crippen LogP contribution in [-0.4, -0.2) is 17.9 Å². The third-order valence-electron chi connectivity index (χ3n) is 17.0. The number of aryl methyl sites for hydroxylation is 1. The Balaban J connectivity index is 1.15. The van der Waals surface area contributed by atoms with E-state index in [9.17, 15) is 0 Å². The molecule has 0 bridgehead atoms. The molecule has 78 heavy (non-hydrogen) atoms. The van der Waals surface area contributed by atoms with Crippen molar-refractivity contribution in [3.05, 3.63) is 215 Å².